The highest BCUT2D eigenvalue weighted by Crippen LogP contribution is 2.21. The SMILES string of the molecule is Cc1cc(C(=O)Nc2cnccn2)sc1C#CCCO. The fourth-order valence-corrected chi connectivity index (χ4v) is 2.40. The van der Waals surface area contributed by atoms with Crippen molar-refractivity contribution >= 4 is 23.1 Å². The number of thiophene rings is 1. The second kappa shape index (κ2) is 6.80. The maximum atomic E-state index is 12.1. The Kier molecular flexibility index (Phi) is 4.82. The second-order valence-electron chi connectivity index (χ2n) is 3.94. The van der Waals surface area contributed by atoms with Crippen molar-refractivity contribution in [3.8, 4) is 11.8 Å². The molecule has 20 heavy (non-hydrogen) atoms. The topological polar surface area (TPSA) is 75.1 Å². The van der Waals surface area contributed by atoms with Crippen LogP contribution in [0, 0.1) is 18.8 Å². The van der Waals surface area contributed by atoms with Gasteiger partial charge >= 0.3 is 0 Å². The van der Waals surface area contributed by atoms with Gasteiger partial charge in [-0.1, -0.05) is 11.8 Å². The summed E-state index contributed by atoms with van der Waals surface area (Å²) in [6, 6.07) is 1.79. The lowest BCUT2D eigenvalue weighted by atomic mass is 10.2. The monoisotopic (exact) mass is 287 g/mol. The molecule has 0 fully saturated rings. The van der Waals surface area contributed by atoms with Crippen molar-refractivity contribution in [2.45, 2.75) is 13.3 Å². The number of anilines is 1. The van der Waals surface area contributed by atoms with E-state index in [2.05, 4.69) is 27.1 Å². The Balaban J connectivity index is 2.12. The molecule has 0 aliphatic heterocycles. The standard InChI is InChI=1S/C14H13N3O2S/c1-10-8-12(20-11(10)4-2-3-7-18)14(19)17-13-9-15-5-6-16-13/h5-6,8-9,18H,3,7H2,1H3,(H,16,17,19). The van der Waals surface area contributed by atoms with Crippen molar-refractivity contribution in [1.29, 1.82) is 0 Å². The number of carbonyl (C=O) groups excluding carboxylic acids is 1. The van der Waals surface area contributed by atoms with Gasteiger partial charge in [-0.3, -0.25) is 9.78 Å². The zero-order chi connectivity index (χ0) is 14.4. The van der Waals surface area contributed by atoms with Crippen LogP contribution in [0.15, 0.2) is 24.7 Å². The summed E-state index contributed by atoms with van der Waals surface area (Å²) in [6.07, 6.45) is 4.97. The molecule has 0 aliphatic carbocycles. The Bertz CT molecular complexity index is 656. The minimum absolute atomic E-state index is 0.0391. The molecule has 0 aliphatic rings. The van der Waals surface area contributed by atoms with Crippen LogP contribution in [0.5, 0.6) is 0 Å². The molecule has 2 aromatic heterocycles. The molecule has 102 valence electrons. The number of amides is 1. The molecule has 1 amide bonds. The molecule has 0 spiro atoms. The molecule has 6 heteroatoms. The van der Waals surface area contributed by atoms with Crippen LogP contribution in [-0.2, 0) is 0 Å². The van der Waals surface area contributed by atoms with Crippen LogP contribution in [0.1, 0.15) is 26.5 Å². The van der Waals surface area contributed by atoms with Gasteiger partial charge in [0.15, 0.2) is 5.82 Å². The van der Waals surface area contributed by atoms with Gasteiger partial charge in [0.05, 0.1) is 22.6 Å². The smallest absolute Gasteiger partial charge is 0.266 e. The van der Waals surface area contributed by atoms with Gasteiger partial charge in [-0.25, -0.2) is 4.98 Å². The number of carbonyl (C=O) groups is 1. The normalized spacial score (nSPS) is 9.70. The first-order valence-electron chi connectivity index (χ1n) is 5.98. The fraction of sp³-hybridized carbons (Fsp3) is 0.214. The Labute approximate surface area is 120 Å². The minimum Gasteiger partial charge on any atom is -0.395 e. The highest BCUT2D eigenvalue weighted by atomic mass is 32.1. The third kappa shape index (κ3) is 3.63. The zero-order valence-electron chi connectivity index (χ0n) is 10.9. The maximum absolute atomic E-state index is 12.1. The summed E-state index contributed by atoms with van der Waals surface area (Å²) in [5.41, 5.74) is 0.949. The Morgan fingerprint density at radius 2 is 2.35 bits per heavy atom. The molecule has 0 saturated carbocycles. The largest absolute Gasteiger partial charge is 0.395 e. The summed E-state index contributed by atoms with van der Waals surface area (Å²) in [4.78, 5) is 21.3. The Hall–Kier alpha value is -2.23. The number of hydrogen-bond acceptors (Lipinski definition) is 5. The summed E-state index contributed by atoms with van der Waals surface area (Å²) in [5, 5.41) is 11.4. The van der Waals surface area contributed by atoms with Crippen LogP contribution in [-0.4, -0.2) is 27.6 Å². The van der Waals surface area contributed by atoms with E-state index < -0.39 is 0 Å². The molecular weight excluding hydrogens is 274 g/mol. The molecule has 0 radical (unpaired) electrons. The van der Waals surface area contributed by atoms with E-state index in [1.165, 1.54) is 23.7 Å². The first kappa shape index (κ1) is 14.2. The van der Waals surface area contributed by atoms with E-state index in [1.54, 1.807) is 12.3 Å². The predicted octanol–water partition coefficient (Wildman–Crippen LogP) is 1.83. The number of aryl methyl sites for hydroxylation is 1. The molecule has 2 heterocycles. The lowest BCUT2D eigenvalue weighted by Crippen LogP contribution is -2.11. The summed E-state index contributed by atoms with van der Waals surface area (Å²) in [5.74, 6) is 5.99. The third-order valence-electron chi connectivity index (χ3n) is 2.39. The summed E-state index contributed by atoms with van der Waals surface area (Å²) < 4.78 is 0. The summed E-state index contributed by atoms with van der Waals surface area (Å²) in [7, 11) is 0. The number of nitrogens with one attached hydrogen (secondary N) is 1. The summed E-state index contributed by atoms with van der Waals surface area (Å²) in [6.45, 7) is 1.94. The van der Waals surface area contributed by atoms with E-state index in [1.807, 2.05) is 6.92 Å². The van der Waals surface area contributed by atoms with Crippen molar-refractivity contribution in [3.05, 3.63) is 40.0 Å². The Morgan fingerprint density at radius 3 is 3.05 bits per heavy atom. The number of aliphatic hydroxyl groups is 1. The molecular formula is C14H13N3O2S. The predicted molar refractivity (Wildman–Crippen MR) is 77.6 cm³/mol. The van der Waals surface area contributed by atoms with Gasteiger partial charge in [0.1, 0.15) is 0 Å². The van der Waals surface area contributed by atoms with E-state index in [4.69, 9.17) is 5.11 Å². The second-order valence-corrected chi connectivity index (χ2v) is 5.00. The van der Waals surface area contributed by atoms with Gasteiger partial charge in [0.2, 0.25) is 0 Å². The van der Waals surface area contributed by atoms with Crippen LogP contribution in [0.4, 0.5) is 5.82 Å². The zero-order valence-corrected chi connectivity index (χ0v) is 11.7. The lowest BCUT2D eigenvalue weighted by molar-refractivity contribution is 0.103. The fourth-order valence-electron chi connectivity index (χ4n) is 1.46. The molecule has 0 bridgehead atoms. The maximum Gasteiger partial charge on any atom is 0.266 e. The van der Waals surface area contributed by atoms with E-state index in [-0.39, 0.29) is 12.5 Å². The van der Waals surface area contributed by atoms with Gasteiger partial charge in [-0.15, -0.1) is 11.3 Å². The van der Waals surface area contributed by atoms with Crippen molar-refractivity contribution in [2.75, 3.05) is 11.9 Å². The lowest BCUT2D eigenvalue weighted by Gasteiger charge is -2.00. The van der Waals surface area contributed by atoms with E-state index in [9.17, 15) is 4.79 Å². The van der Waals surface area contributed by atoms with Gasteiger partial charge in [0.25, 0.3) is 5.91 Å². The van der Waals surface area contributed by atoms with Gasteiger partial charge in [-0.2, -0.15) is 0 Å². The Morgan fingerprint density at radius 1 is 1.50 bits per heavy atom. The highest BCUT2D eigenvalue weighted by Gasteiger charge is 2.12. The van der Waals surface area contributed by atoms with Crippen molar-refractivity contribution in [1.82, 2.24) is 9.97 Å². The number of rotatable bonds is 3. The first-order valence-corrected chi connectivity index (χ1v) is 6.80. The van der Waals surface area contributed by atoms with Gasteiger partial charge < -0.3 is 10.4 Å². The van der Waals surface area contributed by atoms with Crippen molar-refractivity contribution in [3.63, 3.8) is 0 Å². The highest BCUT2D eigenvalue weighted by molar-refractivity contribution is 7.14. The molecule has 0 atom stereocenters. The molecule has 2 rings (SSSR count). The minimum atomic E-state index is -0.228. The summed E-state index contributed by atoms with van der Waals surface area (Å²) >= 11 is 1.32. The van der Waals surface area contributed by atoms with E-state index in [0.717, 1.165) is 10.4 Å². The van der Waals surface area contributed by atoms with Crippen LogP contribution < -0.4 is 5.32 Å². The quantitative estimate of drug-likeness (QED) is 0.845. The number of nitrogens with zero attached hydrogens (tertiary/aromatic N) is 2. The molecule has 5 nitrogen and oxygen atoms in total. The van der Waals surface area contributed by atoms with Crippen LogP contribution >= 0.6 is 11.3 Å². The number of hydrogen-bond donors (Lipinski definition) is 2. The average Bonchev–Trinajstić information content (AvgIpc) is 2.82. The van der Waals surface area contributed by atoms with E-state index in [0.29, 0.717) is 17.1 Å². The molecule has 2 N–H and O–H groups in total. The van der Waals surface area contributed by atoms with Gasteiger partial charge in [0, 0.05) is 18.8 Å². The number of aliphatic hydroxyl groups excluding tert-OH is 1. The average molecular weight is 287 g/mol. The van der Waals surface area contributed by atoms with Gasteiger partial charge in [-0.05, 0) is 18.6 Å². The van der Waals surface area contributed by atoms with Crippen LogP contribution in [0.25, 0.3) is 0 Å². The van der Waals surface area contributed by atoms with Crippen LogP contribution in [0.2, 0.25) is 0 Å². The first-order chi connectivity index (χ1) is 9.70. The van der Waals surface area contributed by atoms with Crippen molar-refractivity contribution < 1.29 is 9.90 Å². The van der Waals surface area contributed by atoms with Crippen molar-refractivity contribution in [2.24, 2.45) is 0 Å². The molecule has 0 aromatic carbocycles. The molecule has 0 saturated heterocycles. The van der Waals surface area contributed by atoms with Crippen LogP contribution in [0.3, 0.4) is 0 Å². The van der Waals surface area contributed by atoms with E-state index >= 15 is 0 Å². The molecule has 2 aromatic rings. The number of aromatic nitrogens is 2. The molecule has 0 unspecified atom stereocenters. The third-order valence-corrected chi connectivity index (χ3v) is 3.54.